The van der Waals surface area contributed by atoms with Crippen molar-refractivity contribution in [2.75, 3.05) is 16.3 Å². The second-order valence-corrected chi connectivity index (χ2v) is 8.25. The Balaban J connectivity index is 1.82. The second kappa shape index (κ2) is 8.86. The van der Waals surface area contributed by atoms with Crippen molar-refractivity contribution < 1.29 is 27.6 Å². The number of nitrogens with zero attached hydrogens (tertiary/aromatic N) is 3. The summed E-state index contributed by atoms with van der Waals surface area (Å²) in [5.41, 5.74) is -0.123. The Hall–Kier alpha value is -3.79. The maximum absolute atomic E-state index is 13.4. The van der Waals surface area contributed by atoms with E-state index in [-0.39, 0.29) is 22.7 Å². The van der Waals surface area contributed by atoms with Gasteiger partial charge in [0.1, 0.15) is 0 Å². The van der Waals surface area contributed by atoms with E-state index < -0.39 is 23.6 Å². The Labute approximate surface area is 196 Å². The van der Waals surface area contributed by atoms with Gasteiger partial charge in [-0.25, -0.2) is 9.88 Å². The van der Waals surface area contributed by atoms with Crippen LogP contribution >= 0.6 is 11.3 Å². The lowest BCUT2D eigenvalue weighted by molar-refractivity contribution is -0.137. The fourth-order valence-corrected chi connectivity index (χ4v) is 4.55. The predicted octanol–water partition coefficient (Wildman–Crippen LogP) is 5.26. The van der Waals surface area contributed by atoms with Crippen LogP contribution in [0.15, 0.2) is 53.9 Å². The zero-order valence-corrected chi connectivity index (χ0v) is 18.9. The van der Waals surface area contributed by atoms with Gasteiger partial charge in [-0.1, -0.05) is 24.3 Å². The number of carbonyl (C=O) groups excluding carboxylic acids is 3. The van der Waals surface area contributed by atoms with Gasteiger partial charge in [-0.15, -0.1) is 11.3 Å². The summed E-state index contributed by atoms with van der Waals surface area (Å²) in [6, 6.07) is 10.5. The number of halogens is 3. The molecular formula is C24H18F3N3O3S. The van der Waals surface area contributed by atoms with Gasteiger partial charge >= 0.3 is 6.18 Å². The molecule has 174 valence electrons. The molecule has 0 fully saturated rings. The van der Waals surface area contributed by atoms with Gasteiger partial charge in [-0.3, -0.25) is 19.3 Å². The molecule has 1 aromatic heterocycles. The fourth-order valence-electron chi connectivity index (χ4n) is 3.66. The molecule has 1 aliphatic rings. The summed E-state index contributed by atoms with van der Waals surface area (Å²) in [4.78, 5) is 45.0. The minimum absolute atomic E-state index is 0.107. The zero-order valence-electron chi connectivity index (χ0n) is 18.1. The van der Waals surface area contributed by atoms with Crippen molar-refractivity contribution in [3.8, 4) is 0 Å². The summed E-state index contributed by atoms with van der Waals surface area (Å²) >= 11 is 1.22. The van der Waals surface area contributed by atoms with E-state index in [1.165, 1.54) is 41.4 Å². The summed E-state index contributed by atoms with van der Waals surface area (Å²) in [5.74, 6) is -1.67. The van der Waals surface area contributed by atoms with Crippen molar-refractivity contribution in [2.24, 2.45) is 0 Å². The van der Waals surface area contributed by atoms with E-state index in [9.17, 15) is 27.6 Å². The predicted molar refractivity (Wildman–Crippen MR) is 123 cm³/mol. The molecule has 0 saturated carbocycles. The van der Waals surface area contributed by atoms with E-state index in [0.717, 1.165) is 23.1 Å². The number of amides is 3. The van der Waals surface area contributed by atoms with Gasteiger partial charge in [0, 0.05) is 30.0 Å². The molecule has 0 bridgehead atoms. The molecule has 6 nitrogen and oxygen atoms in total. The fraction of sp³-hybridized carbons (Fsp3) is 0.167. The molecule has 10 heteroatoms. The molecule has 4 rings (SSSR count). The molecule has 3 amide bonds. The van der Waals surface area contributed by atoms with Crippen LogP contribution in [-0.2, 0) is 15.8 Å². The average molecular weight is 485 g/mol. The van der Waals surface area contributed by atoms with Crippen LogP contribution in [-0.4, -0.2) is 29.3 Å². The highest BCUT2D eigenvalue weighted by Gasteiger charge is 2.37. The number of hydrogen-bond acceptors (Lipinski definition) is 5. The first-order chi connectivity index (χ1) is 16.1. The molecule has 0 atom stereocenters. The van der Waals surface area contributed by atoms with Crippen molar-refractivity contribution in [1.29, 1.82) is 0 Å². The number of aromatic nitrogens is 1. The number of benzene rings is 2. The van der Waals surface area contributed by atoms with Gasteiger partial charge < -0.3 is 0 Å². The molecule has 0 spiro atoms. The monoisotopic (exact) mass is 485 g/mol. The van der Waals surface area contributed by atoms with Crippen LogP contribution in [0, 0.1) is 0 Å². The number of rotatable bonds is 4. The third kappa shape index (κ3) is 4.24. The van der Waals surface area contributed by atoms with Crippen LogP contribution in [0.5, 0.6) is 0 Å². The molecule has 0 N–H and O–H groups in total. The topological polar surface area (TPSA) is 70.6 Å². The third-order valence-corrected chi connectivity index (χ3v) is 6.13. The standard InChI is InChI=1S/C24H18F3N3O3S/c1-3-29(14(2)31)23-28-16(13-34-23)12-20-18-9-4-5-10-19(18)21(32)30(22(20)33)17-8-6-7-15(11-17)24(25,26)27/h4-13H,3H2,1-2H3/b20-12+. The van der Waals surface area contributed by atoms with Gasteiger partial charge in [0.05, 0.1) is 22.5 Å². The van der Waals surface area contributed by atoms with Crippen molar-refractivity contribution >= 4 is 51.5 Å². The average Bonchev–Trinajstić information content (AvgIpc) is 3.25. The second-order valence-electron chi connectivity index (χ2n) is 7.42. The number of imide groups is 1. The van der Waals surface area contributed by atoms with Crippen LogP contribution in [0.2, 0.25) is 0 Å². The Morgan fingerprint density at radius 1 is 1.09 bits per heavy atom. The Morgan fingerprint density at radius 3 is 2.44 bits per heavy atom. The first kappa shape index (κ1) is 23.4. The Bertz CT molecular complexity index is 1330. The zero-order chi connectivity index (χ0) is 24.6. The first-order valence-corrected chi connectivity index (χ1v) is 11.1. The molecule has 3 aromatic rings. The van der Waals surface area contributed by atoms with E-state index in [1.54, 1.807) is 30.5 Å². The van der Waals surface area contributed by atoms with Gasteiger partial charge in [0.25, 0.3) is 11.8 Å². The van der Waals surface area contributed by atoms with E-state index in [4.69, 9.17) is 0 Å². The first-order valence-electron chi connectivity index (χ1n) is 10.2. The number of alkyl halides is 3. The van der Waals surface area contributed by atoms with Crippen LogP contribution < -0.4 is 9.80 Å². The van der Waals surface area contributed by atoms with Crippen LogP contribution in [0.1, 0.15) is 41.0 Å². The van der Waals surface area contributed by atoms with Crippen LogP contribution in [0.4, 0.5) is 24.0 Å². The molecule has 0 saturated heterocycles. The molecule has 0 radical (unpaired) electrons. The minimum Gasteiger partial charge on any atom is -0.289 e. The van der Waals surface area contributed by atoms with Crippen LogP contribution in [0.3, 0.4) is 0 Å². The Morgan fingerprint density at radius 2 is 1.79 bits per heavy atom. The van der Waals surface area contributed by atoms with Crippen LogP contribution in [0.25, 0.3) is 11.6 Å². The molecule has 2 heterocycles. The maximum Gasteiger partial charge on any atom is 0.416 e. The van der Waals surface area contributed by atoms with Crippen molar-refractivity contribution in [3.63, 3.8) is 0 Å². The summed E-state index contributed by atoms with van der Waals surface area (Å²) in [7, 11) is 0. The molecule has 0 aliphatic carbocycles. The normalized spacial score (nSPS) is 15.0. The van der Waals surface area contributed by atoms with E-state index in [0.29, 0.717) is 22.9 Å². The van der Waals surface area contributed by atoms with Crippen molar-refractivity contribution in [2.45, 2.75) is 20.0 Å². The molecule has 34 heavy (non-hydrogen) atoms. The highest BCUT2D eigenvalue weighted by Crippen LogP contribution is 2.36. The number of fused-ring (bicyclic) bond motifs is 1. The number of hydrogen-bond donors (Lipinski definition) is 0. The minimum atomic E-state index is -4.63. The summed E-state index contributed by atoms with van der Waals surface area (Å²) < 4.78 is 39.8. The van der Waals surface area contributed by atoms with E-state index >= 15 is 0 Å². The summed E-state index contributed by atoms with van der Waals surface area (Å²) in [6.45, 7) is 3.64. The number of carbonyl (C=O) groups is 3. The Kier molecular flexibility index (Phi) is 6.09. The van der Waals surface area contributed by atoms with Gasteiger partial charge in [-0.05, 0) is 37.3 Å². The smallest absolute Gasteiger partial charge is 0.289 e. The molecule has 0 unspecified atom stereocenters. The van der Waals surface area contributed by atoms with E-state index in [2.05, 4.69) is 4.98 Å². The van der Waals surface area contributed by atoms with Gasteiger partial charge in [-0.2, -0.15) is 13.2 Å². The van der Waals surface area contributed by atoms with Crippen molar-refractivity contribution in [1.82, 2.24) is 4.98 Å². The largest absolute Gasteiger partial charge is 0.416 e. The van der Waals surface area contributed by atoms with Gasteiger partial charge in [0.2, 0.25) is 5.91 Å². The molecule has 1 aliphatic heterocycles. The van der Waals surface area contributed by atoms with Gasteiger partial charge in [0.15, 0.2) is 5.13 Å². The lowest BCUT2D eigenvalue weighted by Gasteiger charge is -2.29. The third-order valence-electron chi connectivity index (χ3n) is 5.25. The summed E-state index contributed by atoms with van der Waals surface area (Å²) in [5, 5.41) is 2.11. The number of thiazole rings is 1. The SMILES string of the molecule is CCN(C(C)=O)c1nc(/C=C2/C(=O)N(c3cccc(C(F)(F)F)c3)C(=O)c3ccccc32)cs1. The lowest BCUT2D eigenvalue weighted by Crippen LogP contribution is -2.41. The number of anilines is 2. The summed E-state index contributed by atoms with van der Waals surface area (Å²) in [6.07, 6.45) is -3.16. The molecular weight excluding hydrogens is 467 g/mol. The highest BCUT2D eigenvalue weighted by molar-refractivity contribution is 7.14. The van der Waals surface area contributed by atoms with Crippen molar-refractivity contribution in [3.05, 3.63) is 76.3 Å². The lowest BCUT2D eigenvalue weighted by atomic mass is 9.92. The van der Waals surface area contributed by atoms with E-state index in [1.807, 2.05) is 0 Å². The molecule has 2 aromatic carbocycles. The maximum atomic E-state index is 13.4. The highest BCUT2D eigenvalue weighted by atomic mass is 32.1. The quantitative estimate of drug-likeness (QED) is 0.373.